The Hall–Kier alpha value is -2.52. The first-order valence-electron chi connectivity index (χ1n) is 9.58. The fourth-order valence-corrected chi connectivity index (χ4v) is 5.49. The maximum absolute atomic E-state index is 12.8. The summed E-state index contributed by atoms with van der Waals surface area (Å²) in [7, 11) is 3.25. The lowest BCUT2D eigenvalue weighted by molar-refractivity contribution is -0.129. The van der Waals surface area contributed by atoms with Gasteiger partial charge in [-0.15, -0.1) is 11.3 Å². The Labute approximate surface area is 183 Å². The number of thiophene rings is 1. The predicted octanol–water partition coefficient (Wildman–Crippen LogP) is 3.58. The number of carbonyl (C=O) groups excluding carboxylic acids is 1. The van der Waals surface area contributed by atoms with Crippen LogP contribution in [-0.2, 0) is 17.8 Å². The summed E-state index contributed by atoms with van der Waals surface area (Å²) in [6, 6.07) is 3.96. The molecule has 7 nitrogen and oxygen atoms in total. The van der Waals surface area contributed by atoms with E-state index in [4.69, 9.17) is 15.2 Å². The van der Waals surface area contributed by atoms with E-state index >= 15 is 0 Å². The average Bonchev–Trinajstić information content (AvgIpc) is 3.04. The Balaban J connectivity index is 1.46. The normalized spacial score (nSPS) is 13.4. The van der Waals surface area contributed by atoms with E-state index in [9.17, 15) is 4.79 Å². The average molecular weight is 445 g/mol. The van der Waals surface area contributed by atoms with Gasteiger partial charge in [-0.25, -0.2) is 9.97 Å². The van der Waals surface area contributed by atoms with E-state index in [1.54, 1.807) is 25.6 Å². The van der Waals surface area contributed by atoms with E-state index in [0.717, 1.165) is 33.5 Å². The second-order valence-electron chi connectivity index (χ2n) is 7.18. The van der Waals surface area contributed by atoms with Gasteiger partial charge >= 0.3 is 0 Å². The van der Waals surface area contributed by atoms with Crippen molar-refractivity contribution >= 4 is 45.0 Å². The zero-order valence-electron chi connectivity index (χ0n) is 17.4. The summed E-state index contributed by atoms with van der Waals surface area (Å²) in [4.78, 5) is 25.8. The Morgan fingerprint density at radius 1 is 1.20 bits per heavy atom. The molecule has 2 N–H and O–H groups in total. The van der Waals surface area contributed by atoms with Gasteiger partial charge in [-0.3, -0.25) is 4.79 Å². The molecule has 0 radical (unpaired) electrons. The van der Waals surface area contributed by atoms with Gasteiger partial charge in [-0.05, 0) is 49.1 Å². The van der Waals surface area contributed by atoms with E-state index in [1.807, 2.05) is 24.0 Å². The lowest BCUT2D eigenvalue weighted by atomic mass is 9.99. The zero-order valence-corrected chi connectivity index (χ0v) is 19.1. The first-order valence-corrected chi connectivity index (χ1v) is 11.4. The second kappa shape index (κ2) is 8.31. The number of hydrogen-bond acceptors (Lipinski definition) is 8. The number of nitrogen functional groups attached to an aromatic ring is 1. The number of nitrogens with zero attached hydrogens (tertiary/aromatic N) is 3. The molecular weight excluding hydrogens is 420 g/mol. The van der Waals surface area contributed by atoms with E-state index in [1.165, 1.54) is 22.2 Å². The van der Waals surface area contributed by atoms with E-state index < -0.39 is 0 Å². The number of aromatic nitrogens is 2. The fraction of sp³-hybridized carbons (Fsp3) is 0.381. The van der Waals surface area contributed by atoms with Crippen molar-refractivity contribution in [1.82, 2.24) is 14.9 Å². The SMILES string of the molecule is COc1cc2c(cc1OC)CN(C(=O)CSc1nc(N)c3c(C)c(C)sc3n1)CC2. The predicted molar refractivity (Wildman–Crippen MR) is 121 cm³/mol. The first kappa shape index (κ1) is 20.7. The summed E-state index contributed by atoms with van der Waals surface area (Å²) in [6.07, 6.45) is 0.787. The van der Waals surface area contributed by atoms with Gasteiger partial charge in [-0.1, -0.05) is 11.8 Å². The van der Waals surface area contributed by atoms with Crippen LogP contribution in [0.15, 0.2) is 17.3 Å². The summed E-state index contributed by atoms with van der Waals surface area (Å²) in [6.45, 7) is 5.31. The number of rotatable bonds is 5. The summed E-state index contributed by atoms with van der Waals surface area (Å²) in [5.41, 5.74) is 9.55. The largest absolute Gasteiger partial charge is 0.493 e. The maximum atomic E-state index is 12.8. The molecule has 0 fully saturated rings. The van der Waals surface area contributed by atoms with Crippen LogP contribution < -0.4 is 15.2 Å². The van der Waals surface area contributed by atoms with Crippen LogP contribution in [0.3, 0.4) is 0 Å². The number of fused-ring (bicyclic) bond motifs is 2. The number of benzene rings is 1. The highest BCUT2D eigenvalue weighted by Gasteiger charge is 2.23. The van der Waals surface area contributed by atoms with Gasteiger partial charge in [0.05, 0.1) is 25.4 Å². The molecule has 2 aromatic heterocycles. The molecule has 0 saturated heterocycles. The Morgan fingerprint density at radius 2 is 1.90 bits per heavy atom. The van der Waals surface area contributed by atoms with Crippen molar-refractivity contribution in [2.75, 3.05) is 32.3 Å². The summed E-state index contributed by atoms with van der Waals surface area (Å²) < 4.78 is 10.8. The van der Waals surface area contributed by atoms with E-state index in [0.29, 0.717) is 29.8 Å². The van der Waals surface area contributed by atoms with Crippen LogP contribution in [0.25, 0.3) is 10.2 Å². The Morgan fingerprint density at radius 3 is 2.60 bits per heavy atom. The summed E-state index contributed by atoms with van der Waals surface area (Å²) in [5, 5.41) is 1.46. The van der Waals surface area contributed by atoms with Crippen LogP contribution in [0, 0.1) is 13.8 Å². The highest BCUT2D eigenvalue weighted by Crippen LogP contribution is 2.35. The minimum absolute atomic E-state index is 0.0567. The minimum Gasteiger partial charge on any atom is -0.493 e. The molecule has 1 aliphatic heterocycles. The van der Waals surface area contributed by atoms with Crippen LogP contribution in [0.5, 0.6) is 11.5 Å². The number of carbonyl (C=O) groups is 1. The second-order valence-corrected chi connectivity index (χ2v) is 9.33. The van der Waals surface area contributed by atoms with Crippen molar-refractivity contribution in [3.8, 4) is 11.5 Å². The molecule has 3 heterocycles. The Kier molecular flexibility index (Phi) is 5.75. The molecule has 3 aromatic rings. The molecule has 0 saturated carbocycles. The molecule has 1 aromatic carbocycles. The molecular formula is C21H24N4O3S2. The molecule has 4 rings (SSSR count). The molecule has 0 atom stereocenters. The number of anilines is 1. The van der Waals surface area contributed by atoms with Crippen molar-refractivity contribution in [2.24, 2.45) is 0 Å². The standard InChI is InChI=1S/C21H24N4O3S2/c1-11-12(2)30-20-18(11)19(22)23-21(24-20)29-10-17(26)25-6-5-13-7-15(27-3)16(28-4)8-14(13)9-25/h7-8H,5-6,9-10H2,1-4H3,(H2,22,23,24). The van der Waals surface area contributed by atoms with Crippen molar-refractivity contribution in [1.29, 1.82) is 0 Å². The van der Waals surface area contributed by atoms with Crippen molar-refractivity contribution in [2.45, 2.75) is 32.0 Å². The minimum atomic E-state index is 0.0567. The van der Waals surface area contributed by atoms with Gasteiger partial charge in [0.25, 0.3) is 0 Å². The van der Waals surface area contributed by atoms with Crippen LogP contribution >= 0.6 is 23.1 Å². The molecule has 1 amide bonds. The quantitative estimate of drug-likeness (QED) is 0.475. The van der Waals surface area contributed by atoms with E-state index in [-0.39, 0.29) is 11.7 Å². The van der Waals surface area contributed by atoms with Gasteiger partial charge in [0.1, 0.15) is 10.6 Å². The highest BCUT2D eigenvalue weighted by molar-refractivity contribution is 7.99. The molecule has 0 spiro atoms. The monoisotopic (exact) mass is 444 g/mol. The molecule has 0 aliphatic carbocycles. The number of ether oxygens (including phenoxy) is 2. The van der Waals surface area contributed by atoms with Gasteiger partial charge in [0.2, 0.25) is 5.91 Å². The van der Waals surface area contributed by atoms with Crippen molar-refractivity contribution in [3.63, 3.8) is 0 Å². The zero-order chi connectivity index (χ0) is 21.4. The molecule has 9 heteroatoms. The fourth-order valence-electron chi connectivity index (χ4n) is 3.64. The van der Waals surface area contributed by atoms with Crippen LogP contribution in [0.2, 0.25) is 0 Å². The Bertz CT molecular complexity index is 1130. The van der Waals surface area contributed by atoms with Gasteiger partial charge < -0.3 is 20.1 Å². The summed E-state index contributed by atoms with van der Waals surface area (Å²) >= 11 is 2.94. The number of thioether (sulfide) groups is 1. The third-order valence-corrected chi connectivity index (χ3v) is 7.36. The van der Waals surface area contributed by atoms with Gasteiger partial charge in [-0.2, -0.15) is 0 Å². The molecule has 0 bridgehead atoms. The van der Waals surface area contributed by atoms with Crippen LogP contribution in [0.1, 0.15) is 21.6 Å². The molecule has 0 unspecified atom stereocenters. The van der Waals surface area contributed by atoms with Crippen LogP contribution in [0.4, 0.5) is 5.82 Å². The topological polar surface area (TPSA) is 90.6 Å². The van der Waals surface area contributed by atoms with Crippen LogP contribution in [-0.4, -0.2) is 47.3 Å². The van der Waals surface area contributed by atoms with Gasteiger partial charge in [0, 0.05) is 18.0 Å². The molecule has 30 heavy (non-hydrogen) atoms. The third kappa shape index (κ3) is 3.79. The van der Waals surface area contributed by atoms with Crippen molar-refractivity contribution < 1.29 is 14.3 Å². The van der Waals surface area contributed by atoms with Gasteiger partial charge in [0.15, 0.2) is 16.7 Å². The first-order chi connectivity index (χ1) is 14.4. The van der Waals surface area contributed by atoms with Crippen molar-refractivity contribution in [3.05, 3.63) is 33.7 Å². The lowest BCUT2D eigenvalue weighted by Gasteiger charge is -2.29. The number of methoxy groups -OCH3 is 2. The lowest BCUT2D eigenvalue weighted by Crippen LogP contribution is -2.37. The molecule has 1 aliphatic rings. The highest BCUT2D eigenvalue weighted by atomic mass is 32.2. The molecule has 158 valence electrons. The number of nitrogens with two attached hydrogens (primary N) is 1. The smallest absolute Gasteiger partial charge is 0.233 e. The number of aryl methyl sites for hydroxylation is 2. The number of amides is 1. The number of hydrogen-bond donors (Lipinski definition) is 1. The third-order valence-electron chi connectivity index (χ3n) is 5.43. The maximum Gasteiger partial charge on any atom is 0.233 e. The summed E-state index contributed by atoms with van der Waals surface area (Å²) in [5.74, 6) is 2.21. The van der Waals surface area contributed by atoms with E-state index in [2.05, 4.69) is 16.9 Å².